The molecule has 0 aliphatic carbocycles. The fraction of sp³-hybridized carbons (Fsp3) is 0.300. The number of carbonyl (C=O) groups excluding carboxylic acids is 1. The van der Waals surface area contributed by atoms with Gasteiger partial charge in [0.25, 0.3) is 0 Å². The molecule has 70 valence electrons. The predicted octanol–water partition coefficient (Wildman–Crippen LogP) is 2.64. The fourth-order valence-electron chi connectivity index (χ4n) is 1.06. The van der Waals surface area contributed by atoms with Crippen molar-refractivity contribution in [2.45, 2.75) is 12.8 Å². The van der Waals surface area contributed by atoms with Crippen molar-refractivity contribution >= 4 is 17.4 Å². The number of Topliss-reactive ketones (excluding diaryl/α,β-unsaturated/α-hetero) is 1. The van der Waals surface area contributed by atoms with Gasteiger partial charge in [0.1, 0.15) is 5.75 Å². The Kier molecular flexibility index (Phi) is 3.32. The normalized spacial score (nSPS) is 9.77. The molecule has 0 saturated heterocycles. The van der Waals surface area contributed by atoms with Crippen LogP contribution in [0.5, 0.6) is 5.75 Å². The molecule has 1 aromatic rings. The van der Waals surface area contributed by atoms with Crippen LogP contribution in [-0.2, 0) is 5.88 Å². The number of benzene rings is 1. The second-order valence-electron chi connectivity index (χ2n) is 2.76. The Morgan fingerprint density at radius 3 is 2.62 bits per heavy atom. The Hall–Kier alpha value is -1.02. The van der Waals surface area contributed by atoms with Crippen LogP contribution in [0.25, 0.3) is 0 Å². The molecule has 0 fully saturated rings. The molecule has 0 saturated carbocycles. The van der Waals surface area contributed by atoms with Crippen LogP contribution >= 0.6 is 11.6 Å². The summed E-state index contributed by atoms with van der Waals surface area (Å²) in [7, 11) is 1.57. The Balaban J connectivity index is 3.14. The third kappa shape index (κ3) is 2.46. The number of ether oxygens (including phenoxy) is 1. The summed E-state index contributed by atoms with van der Waals surface area (Å²) in [5.41, 5.74) is 1.53. The largest absolute Gasteiger partial charge is 0.497 e. The maximum absolute atomic E-state index is 11.1. The maximum atomic E-state index is 11.1. The van der Waals surface area contributed by atoms with Gasteiger partial charge in [-0.3, -0.25) is 4.79 Å². The van der Waals surface area contributed by atoms with Crippen LogP contribution in [-0.4, -0.2) is 12.9 Å². The lowest BCUT2D eigenvalue weighted by atomic mass is 10.1. The van der Waals surface area contributed by atoms with Crippen molar-refractivity contribution in [2.24, 2.45) is 0 Å². The van der Waals surface area contributed by atoms with Crippen molar-refractivity contribution in [3.63, 3.8) is 0 Å². The number of rotatable bonds is 3. The van der Waals surface area contributed by atoms with E-state index in [0.29, 0.717) is 17.2 Å². The molecule has 0 spiro atoms. The highest BCUT2D eigenvalue weighted by Gasteiger charge is 2.03. The molecule has 1 rings (SSSR count). The van der Waals surface area contributed by atoms with E-state index in [1.807, 2.05) is 6.07 Å². The molecule has 0 bridgehead atoms. The minimum Gasteiger partial charge on any atom is -0.497 e. The molecule has 0 atom stereocenters. The molecule has 0 N–H and O–H groups in total. The van der Waals surface area contributed by atoms with E-state index in [4.69, 9.17) is 16.3 Å². The van der Waals surface area contributed by atoms with Crippen LogP contribution in [0.4, 0.5) is 0 Å². The van der Waals surface area contributed by atoms with E-state index < -0.39 is 0 Å². The van der Waals surface area contributed by atoms with E-state index in [1.165, 1.54) is 6.92 Å². The summed E-state index contributed by atoms with van der Waals surface area (Å²) in [6.45, 7) is 1.52. The first-order valence-electron chi connectivity index (χ1n) is 3.92. The summed E-state index contributed by atoms with van der Waals surface area (Å²) in [5.74, 6) is 1.07. The molecule has 0 aliphatic rings. The number of halogens is 1. The van der Waals surface area contributed by atoms with E-state index in [2.05, 4.69) is 0 Å². The van der Waals surface area contributed by atoms with Gasteiger partial charge in [0.05, 0.1) is 7.11 Å². The van der Waals surface area contributed by atoms with E-state index in [0.717, 1.165) is 5.56 Å². The van der Waals surface area contributed by atoms with E-state index in [-0.39, 0.29) is 5.78 Å². The highest BCUT2D eigenvalue weighted by atomic mass is 35.5. The second kappa shape index (κ2) is 4.28. The van der Waals surface area contributed by atoms with E-state index in [9.17, 15) is 4.79 Å². The van der Waals surface area contributed by atoms with E-state index in [1.54, 1.807) is 19.2 Å². The summed E-state index contributed by atoms with van der Waals surface area (Å²) in [6, 6.07) is 5.30. The quantitative estimate of drug-likeness (QED) is 0.551. The fourth-order valence-corrected chi connectivity index (χ4v) is 1.21. The number of hydrogen-bond donors (Lipinski definition) is 0. The molecule has 0 unspecified atom stereocenters. The molecule has 3 heteroatoms. The second-order valence-corrected chi connectivity index (χ2v) is 3.03. The molecular weight excluding hydrogens is 188 g/mol. The Bertz CT molecular complexity index is 298. The molecule has 13 heavy (non-hydrogen) atoms. The highest BCUT2D eigenvalue weighted by Crippen LogP contribution is 2.18. The average molecular weight is 199 g/mol. The number of ketones is 1. The van der Waals surface area contributed by atoms with Crippen LogP contribution in [0.2, 0.25) is 0 Å². The molecule has 0 amide bonds. The smallest absolute Gasteiger partial charge is 0.159 e. The van der Waals surface area contributed by atoms with Gasteiger partial charge in [-0.15, -0.1) is 11.6 Å². The summed E-state index contributed by atoms with van der Waals surface area (Å²) >= 11 is 5.67. The Morgan fingerprint density at radius 1 is 1.46 bits per heavy atom. The maximum Gasteiger partial charge on any atom is 0.159 e. The zero-order valence-corrected chi connectivity index (χ0v) is 8.39. The van der Waals surface area contributed by atoms with Gasteiger partial charge in [-0.05, 0) is 30.7 Å². The van der Waals surface area contributed by atoms with Crippen LogP contribution in [0, 0.1) is 0 Å². The van der Waals surface area contributed by atoms with Gasteiger partial charge in [-0.25, -0.2) is 0 Å². The number of hydrogen-bond acceptors (Lipinski definition) is 2. The third-order valence-corrected chi connectivity index (χ3v) is 2.07. The molecule has 0 radical (unpaired) electrons. The van der Waals surface area contributed by atoms with E-state index >= 15 is 0 Å². The lowest BCUT2D eigenvalue weighted by molar-refractivity contribution is 0.101. The minimum absolute atomic E-state index is 0.0188. The number of alkyl halides is 1. The average Bonchev–Trinajstić information content (AvgIpc) is 2.16. The topological polar surface area (TPSA) is 26.3 Å². The Labute approximate surface area is 82.5 Å². The zero-order chi connectivity index (χ0) is 9.84. The van der Waals surface area contributed by atoms with Crippen LogP contribution in [0.1, 0.15) is 22.8 Å². The minimum atomic E-state index is 0.0188. The first kappa shape index (κ1) is 10.1. The van der Waals surface area contributed by atoms with Gasteiger partial charge in [-0.1, -0.05) is 0 Å². The van der Waals surface area contributed by atoms with Gasteiger partial charge in [0, 0.05) is 11.4 Å². The van der Waals surface area contributed by atoms with Gasteiger partial charge in [0.15, 0.2) is 5.78 Å². The van der Waals surface area contributed by atoms with Gasteiger partial charge in [0.2, 0.25) is 0 Å². The molecule has 2 nitrogen and oxygen atoms in total. The van der Waals surface area contributed by atoms with Crippen LogP contribution in [0.3, 0.4) is 0 Å². The van der Waals surface area contributed by atoms with Gasteiger partial charge in [-0.2, -0.15) is 0 Å². The Morgan fingerprint density at radius 2 is 2.15 bits per heavy atom. The van der Waals surface area contributed by atoms with Gasteiger partial charge >= 0.3 is 0 Å². The standard InChI is InChI=1S/C10H11ClO2/c1-7(12)9-3-8(6-11)4-10(5-9)13-2/h3-5H,6H2,1-2H3. The summed E-state index contributed by atoms with van der Waals surface area (Å²) in [6.07, 6.45) is 0. The molecule has 0 aromatic heterocycles. The van der Waals surface area contributed by atoms with Crippen molar-refractivity contribution in [3.8, 4) is 5.75 Å². The first-order valence-corrected chi connectivity index (χ1v) is 4.45. The summed E-state index contributed by atoms with van der Waals surface area (Å²) < 4.78 is 5.04. The highest BCUT2D eigenvalue weighted by molar-refractivity contribution is 6.17. The lowest BCUT2D eigenvalue weighted by Gasteiger charge is -2.04. The van der Waals surface area contributed by atoms with Crippen molar-refractivity contribution in [1.82, 2.24) is 0 Å². The van der Waals surface area contributed by atoms with Crippen molar-refractivity contribution in [3.05, 3.63) is 29.3 Å². The monoisotopic (exact) mass is 198 g/mol. The third-order valence-electron chi connectivity index (χ3n) is 1.76. The molecule has 1 aromatic carbocycles. The van der Waals surface area contributed by atoms with Crippen molar-refractivity contribution < 1.29 is 9.53 Å². The SMILES string of the molecule is COc1cc(CCl)cc(C(C)=O)c1. The van der Waals surface area contributed by atoms with Crippen molar-refractivity contribution in [1.29, 1.82) is 0 Å². The number of methoxy groups -OCH3 is 1. The summed E-state index contributed by atoms with van der Waals surface area (Å²) in [4.78, 5) is 11.1. The number of carbonyl (C=O) groups is 1. The summed E-state index contributed by atoms with van der Waals surface area (Å²) in [5, 5.41) is 0. The molecule has 0 heterocycles. The van der Waals surface area contributed by atoms with Gasteiger partial charge < -0.3 is 4.74 Å². The molecule has 0 aliphatic heterocycles. The predicted molar refractivity (Wildman–Crippen MR) is 52.6 cm³/mol. The zero-order valence-electron chi connectivity index (χ0n) is 7.63. The van der Waals surface area contributed by atoms with Crippen LogP contribution < -0.4 is 4.74 Å². The molecular formula is C10H11ClO2. The first-order chi connectivity index (χ1) is 6.17. The van der Waals surface area contributed by atoms with Crippen LogP contribution in [0.15, 0.2) is 18.2 Å². The van der Waals surface area contributed by atoms with Crippen molar-refractivity contribution in [2.75, 3.05) is 7.11 Å². The lowest BCUT2D eigenvalue weighted by Crippen LogP contribution is -1.95.